The van der Waals surface area contributed by atoms with E-state index in [4.69, 9.17) is 4.18 Å². The zero-order valence-electron chi connectivity index (χ0n) is 6.17. The van der Waals surface area contributed by atoms with Crippen molar-refractivity contribution >= 4 is 11.3 Å². The Balaban J connectivity index is 3.60. The molecule has 0 aromatic heterocycles. The van der Waals surface area contributed by atoms with E-state index in [0.717, 1.165) is 0 Å². The van der Waals surface area contributed by atoms with Crippen molar-refractivity contribution in [1.82, 2.24) is 4.72 Å². The molecule has 0 aromatic rings. The Morgan fingerprint density at radius 3 is 2.00 bits per heavy atom. The van der Waals surface area contributed by atoms with Crippen LogP contribution in [-0.2, 0) is 15.4 Å². The molecule has 0 fully saturated rings. The Bertz CT molecular complexity index is 108. The van der Waals surface area contributed by atoms with Crippen molar-refractivity contribution in [3.63, 3.8) is 0 Å². The third kappa shape index (κ3) is 5.95. The molecule has 1 atom stereocenters. The molecule has 0 aliphatic carbocycles. The van der Waals surface area contributed by atoms with Crippen LogP contribution >= 0.6 is 0 Å². The normalized spacial score (nSPS) is 15.6. The van der Waals surface area contributed by atoms with Gasteiger partial charge in [-0.3, -0.25) is 4.18 Å². The molecule has 4 heteroatoms. The summed E-state index contributed by atoms with van der Waals surface area (Å²) < 4.78 is 18.9. The van der Waals surface area contributed by atoms with Crippen LogP contribution in [0.5, 0.6) is 0 Å². The summed E-state index contributed by atoms with van der Waals surface area (Å²) in [6.07, 6.45) is 0. The highest BCUT2D eigenvalue weighted by molar-refractivity contribution is 7.78. The smallest absolute Gasteiger partial charge is 0.252 e. The van der Waals surface area contributed by atoms with E-state index < -0.39 is 11.3 Å². The van der Waals surface area contributed by atoms with E-state index in [1.807, 2.05) is 20.8 Å². The first kappa shape index (κ1) is 9.07. The van der Waals surface area contributed by atoms with Crippen molar-refractivity contribution in [2.45, 2.75) is 26.4 Å². The van der Waals surface area contributed by atoms with Crippen LogP contribution in [0.3, 0.4) is 0 Å². The molecule has 0 aromatic carbocycles. The van der Waals surface area contributed by atoms with Crippen LogP contribution in [0.2, 0.25) is 0 Å². The van der Waals surface area contributed by atoms with Gasteiger partial charge in [0.15, 0.2) is 0 Å². The molecule has 0 saturated heterocycles. The highest BCUT2D eigenvalue weighted by atomic mass is 32.2. The molecule has 0 aliphatic heterocycles. The fourth-order valence-corrected chi connectivity index (χ4v) is 0.753. The van der Waals surface area contributed by atoms with Gasteiger partial charge in [-0.25, -0.2) is 4.21 Å². The first-order chi connectivity index (χ1) is 3.95. The molecule has 0 heterocycles. The van der Waals surface area contributed by atoms with Gasteiger partial charge in [-0.05, 0) is 20.8 Å². The van der Waals surface area contributed by atoms with Gasteiger partial charge in [0.2, 0.25) is 0 Å². The van der Waals surface area contributed by atoms with Crippen LogP contribution in [0.15, 0.2) is 0 Å². The minimum Gasteiger partial charge on any atom is -0.271 e. The number of rotatable bonds is 2. The van der Waals surface area contributed by atoms with Crippen molar-refractivity contribution in [1.29, 1.82) is 0 Å². The molecule has 0 rings (SSSR count). The van der Waals surface area contributed by atoms with Gasteiger partial charge in [-0.1, -0.05) is 0 Å². The summed E-state index contributed by atoms with van der Waals surface area (Å²) in [4.78, 5) is 0. The monoisotopic (exact) mass is 150 g/mol. The van der Waals surface area contributed by atoms with Gasteiger partial charge in [0.05, 0.1) is 5.60 Å². The standard InChI is InChI=1S/C5H12NO2S/c1-5(2,3)8-9(7)6-4/h1-4H3. The average Bonchev–Trinajstić information content (AvgIpc) is 1.62. The van der Waals surface area contributed by atoms with E-state index in [-0.39, 0.29) is 5.60 Å². The van der Waals surface area contributed by atoms with Crippen molar-refractivity contribution in [3.8, 4) is 0 Å². The topological polar surface area (TPSA) is 40.4 Å². The summed E-state index contributed by atoms with van der Waals surface area (Å²) >= 11 is -1.47. The summed E-state index contributed by atoms with van der Waals surface area (Å²) in [7, 11) is 1.46. The van der Waals surface area contributed by atoms with Gasteiger partial charge in [0.25, 0.3) is 11.3 Å². The summed E-state index contributed by atoms with van der Waals surface area (Å²) in [5, 5.41) is 0. The summed E-state index contributed by atoms with van der Waals surface area (Å²) in [5.41, 5.74) is -0.371. The van der Waals surface area contributed by atoms with Gasteiger partial charge < -0.3 is 0 Å². The zero-order valence-corrected chi connectivity index (χ0v) is 6.99. The predicted octanol–water partition coefficient (Wildman–Crippen LogP) is 0.614. The third-order valence-corrected chi connectivity index (χ3v) is 1.41. The maximum absolute atomic E-state index is 10.5. The molecule has 55 valence electrons. The van der Waals surface area contributed by atoms with Crippen LogP contribution in [0, 0.1) is 0 Å². The highest BCUT2D eigenvalue weighted by Crippen LogP contribution is 2.07. The lowest BCUT2D eigenvalue weighted by molar-refractivity contribution is 0.150. The number of hydrogen-bond donors (Lipinski definition) is 0. The Morgan fingerprint density at radius 2 is 1.89 bits per heavy atom. The Kier molecular flexibility index (Phi) is 3.32. The van der Waals surface area contributed by atoms with Gasteiger partial charge in [0, 0.05) is 7.05 Å². The van der Waals surface area contributed by atoms with E-state index in [1.54, 1.807) is 0 Å². The molecule has 0 N–H and O–H groups in total. The summed E-state index contributed by atoms with van der Waals surface area (Å²) in [6, 6.07) is 0. The maximum atomic E-state index is 10.5. The number of nitrogens with zero attached hydrogens (tertiary/aromatic N) is 1. The molecular formula is C5H12NO2S. The molecule has 3 nitrogen and oxygen atoms in total. The van der Waals surface area contributed by atoms with Crippen molar-refractivity contribution < 1.29 is 8.39 Å². The van der Waals surface area contributed by atoms with E-state index in [1.165, 1.54) is 7.05 Å². The van der Waals surface area contributed by atoms with Crippen LogP contribution in [0.1, 0.15) is 20.8 Å². The van der Waals surface area contributed by atoms with Crippen molar-refractivity contribution in [2.24, 2.45) is 0 Å². The first-order valence-corrected chi connectivity index (χ1v) is 3.70. The van der Waals surface area contributed by atoms with Gasteiger partial charge >= 0.3 is 0 Å². The van der Waals surface area contributed by atoms with Crippen LogP contribution in [0.25, 0.3) is 0 Å². The van der Waals surface area contributed by atoms with Gasteiger partial charge in [0.1, 0.15) is 0 Å². The molecular weight excluding hydrogens is 138 g/mol. The van der Waals surface area contributed by atoms with E-state index in [2.05, 4.69) is 4.72 Å². The second-order valence-corrected chi connectivity index (χ2v) is 3.56. The summed E-state index contributed by atoms with van der Waals surface area (Å²) in [5.74, 6) is 0. The minimum absolute atomic E-state index is 0.371. The van der Waals surface area contributed by atoms with Crippen molar-refractivity contribution in [2.75, 3.05) is 7.05 Å². The third-order valence-electron chi connectivity index (χ3n) is 0.470. The molecule has 0 aliphatic rings. The first-order valence-electron chi connectivity index (χ1n) is 2.67. The SMILES string of the molecule is C[N]S(=O)OC(C)(C)C. The zero-order chi connectivity index (χ0) is 7.49. The van der Waals surface area contributed by atoms with E-state index >= 15 is 0 Å². The Morgan fingerprint density at radius 1 is 1.44 bits per heavy atom. The average molecular weight is 150 g/mol. The lowest BCUT2D eigenvalue weighted by atomic mass is 10.2. The molecule has 9 heavy (non-hydrogen) atoms. The van der Waals surface area contributed by atoms with Crippen molar-refractivity contribution in [3.05, 3.63) is 0 Å². The van der Waals surface area contributed by atoms with E-state index in [9.17, 15) is 4.21 Å². The predicted molar refractivity (Wildman–Crippen MR) is 37.0 cm³/mol. The second kappa shape index (κ2) is 3.29. The summed E-state index contributed by atoms with van der Waals surface area (Å²) in [6.45, 7) is 5.49. The Labute approximate surface area is 58.6 Å². The largest absolute Gasteiger partial charge is 0.271 e. The fourth-order valence-electron chi connectivity index (χ4n) is 0.251. The maximum Gasteiger partial charge on any atom is 0.252 e. The Hall–Kier alpha value is 0.0700. The second-order valence-electron chi connectivity index (χ2n) is 2.60. The van der Waals surface area contributed by atoms with Gasteiger partial charge in [-0.2, -0.15) is 0 Å². The quantitative estimate of drug-likeness (QED) is 0.578. The number of hydrogen-bond acceptors (Lipinski definition) is 2. The van der Waals surface area contributed by atoms with Crippen LogP contribution < -0.4 is 4.72 Å². The molecule has 0 bridgehead atoms. The molecule has 0 spiro atoms. The van der Waals surface area contributed by atoms with Crippen LogP contribution in [0.4, 0.5) is 0 Å². The lowest BCUT2D eigenvalue weighted by Gasteiger charge is -2.15. The van der Waals surface area contributed by atoms with Gasteiger partial charge in [-0.15, -0.1) is 4.72 Å². The molecule has 0 saturated carbocycles. The minimum atomic E-state index is -1.47. The lowest BCUT2D eigenvalue weighted by Crippen LogP contribution is -2.23. The fraction of sp³-hybridized carbons (Fsp3) is 1.00. The molecule has 1 unspecified atom stereocenters. The molecule has 0 amide bonds. The van der Waals surface area contributed by atoms with E-state index in [0.29, 0.717) is 0 Å². The highest BCUT2D eigenvalue weighted by Gasteiger charge is 2.14. The molecule has 1 radical (unpaired) electrons. The van der Waals surface area contributed by atoms with Crippen LogP contribution in [-0.4, -0.2) is 16.9 Å².